The summed E-state index contributed by atoms with van der Waals surface area (Å²) in [4.78, 5) is 16.7. The van der Waals surface area contributed by atoms with Gasteiger partial charge in [-0.2, -0.15) is 0 Å². The number of hydrogen-bond donors (Lipinski definition) is 2. The molecule has 2 rings (SSSR count). The topological polar surface area (TPSA) is 54.0 Å². The number of pyridine rings is 1. The Kier molecular flexibility index (Phi) is 6.36. The highest BCUT2D eigenvalue weighted by Gasteiger charge is 2.12. The van der Waals surface area contributed by atoms with Crippen molar-refractivity contribution in [1.82, 2.24) is 4.98 Å². The van der Waals surface area contributed by atoms with E-state index >= 15 is 0 Å². The molecule has 2 N–H and O–H groups in total. The third-order valence-corrected chi connectivity index (χ3v) is 3.87. The molecule has 0 saturated carbocycles. The molecule has 2 aromatic rings. The van der Waals surface area contributed by atoms with E-state index in [4.69, 9.17) is 0 Å². The van der Waals surface area contributed by atoms with Gasteiger partial charge in [-0.15, -0.1) is 0 Å². The minimum Gasteiger partial charge on any atom is -0.385 e. The third kappa shape index (κ3) is 5.08. The van der Waals surface area contributed by atoms with Gasteiger partial charge in [-0.25, -0.2) is 0 Å². The molecule has 1 amide bonds. The molecule has 0 bridgehead atoms. The Hall–Kier alpha value is -2.36. The second-order valence-corrected chi connectivity index (χ2v) is 6.74. The summed E-state index contributed by atoms with van der Waals surface area (Å²) < 4.78 is 0. The van der Waals surface area contributed by atoms with Crippen molar-refractivity contribution in [3.05, 3.63) is 53.9 Å². The van der Waals surface area contributed by atoms with E-state index < -0.39 is 0 Å². The van der Waals surface area contributed by atoms with E-state index in [-0.39, 0.29) is 5.91 Å². The zero-order valence-electron chi connectivity index (χ0n) is 15.0. The molecule has 0 atom stereocenters. The minimum atomic E-state index is -0.185. The molecule has 0 unspecified atom stereocenters. The number of rotatable bonds is 7. The molecule has 1 aromatic heterocycles. The standard InChI is InChI=1S/C20H27N3O/c1-14(2)9-11-21-16-10-12-22-19(13-16)20(24)23-18-8-6-5-7-17(18)15(3)4/h5-8,10,12-15H,9,11H2,1-4H3,(H,21,22)(H,23,24). The molecule has 0 aliphatic heterocycles. The first-order valence-corrected chi connectivity index (χ1v) is 8.57. The summed E-state index contributed by atoms with van der Waals surface area (Å²) in [6.45, 7) is 9.50. The SMILES string of the molecule is CC(C)CCNc1ccnc(C(=O)Nc2ccccc2C(C)C)c1. The van der Waals surface area contributed by atoms with Crippen LogP contribution in [0.5, 0.6) is 0 Å². The minimum absolute atomic E-state index is 0.185. The summed E-state index contributed by atoms with van der Waals surface area (Å²) in [6.07, 6.45) is 2.76. The van der Waals surface area contributed by atoms with Gasteiger partial charge in [-0.1, -0.05) is 45.9 Å². The van der Waals surface area contributed by atoms with Gasteiger partial charge in [0.1, 0.15) is 5.69 Å². The fourth-order valence-corrected chi connectivity index (χ4v) is 2.47. The van der Waals surface area contributed by atoms with Crippen molar-refractivity contribution in [3.63, 3.8) is 0 Å². The number of aromatic nitrogens is 1. The average Bonchev–Trinajstić information content (AvgIpc) is 2.55. The van der Waals surface area contributed by atoms with Crippen LogP contribution in [0.3, 0.4) is 0 Å². The first-order valence-electron chi connectivity index (χ1n) is 8.57. The van der Waals surface area contributed by atoms with Gasteiger partial charge in [0.05, 0.1) is 0 Å². The number of hydrogen-bond acceptors (Lipinski definition) is 3. The van der Waals surface area contributed by atoms with Crippen LogP contribution in [-0.2, 0) is 0 Å². The average molecular weight is 325 g/mol. The molecule has 4 heteroatoms. The number of amides is 1. The van der Waals surface area contributed by atoms with E-state index in [2.05, 4.69) is 43.3 Å². The molecular formula is C20H27N3O. The highest BCUT2D eigenvalue weighted by molar-refractivity contribution is 6.03. The lowest BCUT2D eigenvalue weighted by Gasteiger charge is -2.14. The predicted octanol–water partition coefficient (Wildman–Crippen LogP) is 4.92. The second kappa shape index (κ2) is 8.48. The van der Waals surface area contributed by atoms with Crippen LogP contribution in [0.1, 0.15) is 56.1 Å². The predicted molar refractivity (Wildman–Crippen MR) is 101 cm³/mol. The van der Waals surface area contributed by atoms with Gasteiger partial charge in [0.15, 0.2) is 0 Å². The molecule has 4 nitrogen and oxygen atoms in total. The molecule has 0 fully saturated rings. The second-order valence-electron chi connectivity index (χ2n) is 6.74. The number of carbonyl (C=O) groups excluding carboxylic acids is 1. The molecule has 0 radical (unpaired) electrons. The fourth-order valence-electron chi connectivity index (χ4n) is 2.47. The summed E-state index contributed by atoms with van der Waals surface area (Å²) >= 11 is 0. The van der Waals surface area contributed by atoms with Crippen LogP contribution in [0.15, 0.2) is 42.6 Å². The molecule has 24 heavy (non-hydrogen) atoms. The molecule has 0 spiro atoms. The summed E-state index contributed by atoms with van der Waals surface area (Å²) in [7, 11) is 0. The zero-order chi connectivity index (χ0) is 17.5. The van der Waals surface area contributed by atoms with Crippen molar-refractivity contribution in [3.8, 4) is 0 Å². The summed E-state index contributed by atoms with van der Waals surface area (Å²) in [5, 5.41) is 6.33. The van der Waals surface area contributed by atoms with Crippen LogP contribution < -0.4 is 10.6 Å². The number of nitrogens with zero attached hydrogens (tertiary/aromatic N) is 1. The molecular weight excluding hydrogens is 298 g/mol. The maximum absolute atomic E-state index is 12.5. The van der Waals surface area contributed by atoms with E-state index in [9.17, 15) is 4.79 Å². The van der Waals surface area contributed by atoms with E-state index in [1.807, 2.05) is 30.3 Å². The highest BCUT2D eigenvalue weighted by atomic mass is 16.1. The zero-order valence-corrected chi connectivity index (χ0v) is 15.0. The Labute approximate surface area is 144 Å². The van der Waals surface area contributed by atoms with Crippen molar-refractivity contribution in [2.45, 2.75) is 40.0 Å². The van der Waals surface area contributed by atoms with Crippen LogP contribution in [0.25, 0.3) is 0 Å². The van der Waals surface area contributed by atoms with E-state index in [1.165, 1.54) is 0 Å². The first kappa shape index (κ1) is 18.0. The Morgan fingerprint density at radius 2 is 1.88 bits per heavy atom. The molecule has 1 heterocycles. The van der Waals surface area contributed by atoms with Gasteiger partial charge in [-0.05, 0) is 42.0 Å². The third-order valence-electron chi connectivity index (χ3n) is 3.87. The van der Waals surface area contributed by atoms with Gasteiger partial charge < -0.3 is 10.6 Å². The summed E-state index contributed by atoms with van der Waals surface area (Å²) in [5.41, 5.74) is 3.31. The lowest BCUT2D eigenvalue weighted by Crippen LogP contribution is -2.15. The lowest BCUT2D eigenvalue weighted by molar-refractivity contribution is 0.102. The van der Waals surface area contributed by atoms with Crippen molar-refractivity contribution in [2.75, 3.05) is 17.2 Å². The first-order chi connectivity index (χ1) is 11.5. The number of nitrogens with one attached hydrogen (secondary N) is 2. The van der Waals surface area contributed by atoms with Gasteiger partial charge in [0.25, 0.3) is 5.91 Å². The van der Waals surface area contributed by atoms with Gasteiger partial charge in [0.2, 0.25) is 0 Å². The maximum atomic E-state index is 12.5. The fraction of sp³-hybridized carbons (Fsp3) is 0.400. The summed E-state index contributed by atoms with van der Waals surface area (Å²) in [6, 6.07) is 11.6. The van der Waals surface area contributed by atoms with E-state index in [0.29, 0.717) is 17.5 Å². The quantitative estimate of drug-likeness (QED) is 0.760. The van der Waals surface area contributed by atoms with Crippen LogP contribution in [0.2, 0.25) is 0 Å². The Morgan fingerprint density at radius 1 is 1.12 bits per heavy atom. The Balaban J connectivity index is 2.08. The molecule has 1 aromatic carbocycles. The maximum Gasteiger partial charge on any atom is 0.274 e. The van der Waals surface area contributed by atoms with Gasteiger partial charge in [0, 0.05) is 24.1 Å². The van der Waals surface area contributed by atoms with Crippen molar-refractivity contribution < 1.29 is 4.79 Å². The van der Waals surface area contributed by atoms with Gasteiger partial charge in [-0.3, -0.25) is 9.78 Å². The van der Waals surface area contributed by atoms with Crippen LogP contribution in [0.4, 0.5) is 11.4 Å². The van der Waals surface area contributed by atoms with Crippen LogP contribution in [-0.4, -0.2) is 17.4 Å². The van der Waals surface area contributed by atoms with Crippen molar-refractivity contribution in [1.29, 1.82) is 0 Å². The monoisotopic (exact) mass is 325 g/mol. The van der Waals surface area contributed by atoms with Gasteiger partial charge >= 0.3 is 0 Å². The Morgan fingerprint density at radius 3 is 2.58 bits per heavy atom. The van der Waals surface area contributed by atoms with E-state index in [0.717, 1.165) is 29.9 Å². The lowest BCUT2D eigenvalue weighted by atomic mass is 10.0. The number of carbonyl (C=O) groups is 1. The Bertz CT molecular complexity index is 680. The number of para-hydroxylation sites is 1. The van der Waals surface area contributed by atoms with Crippen molar-refractivity contribution in [2.24, 2.45) is 5.92 Å². The normalized spacial score (nSPS) is 10.9. The smallest absolute Gasteiger partial charge is 0.274 e. The summed E-state index contributed by atoms with van der Waals surface area (Å²) in [5.74, 6) is 0.809. The largest absolute Gasteiger partial charge is 0.385 e. The van der Waals surface area contributed by atoms with Crippen LogP contribution in [0, 0.1) is 5.92 Å². The highest BCUT2D eigenvalue weighted by Crippen LogP contribution is 2.24. The van der Waals surface area contributed by atoms with E-state index in [1.54, 1.807) is 12.3 Å². The van der Waals surface area contributed by atoms with Crippen molar-refractivity contribution >= 4 is 17.3 Å². The molecule has 0 saturated heterocycles. The molecule has 0 aliphatic rings. The van der Waals surface area contributed by atoms with Crippen LogP contribution >= 0.6 is 0 Å². The molecule has 0 aliphatic carbocycles. The number of benzene rings is 1. The molecule has 128 valence electrons. The number of anilines is 2.